The SMILES string of the molecule is COc1ccc(C(F)F)cc1C(=C/NCC(N)=O)/C(=C\O)C(=O)NC1=NNC(C#CC2CC2)S1. The minimum absolute atomic E-state index is 0.0118. The molecule has 1 unspecified atom stereocenters. The molecule has 180 valence electrons. The number of hydrogen-bond acceptors (Lipinski definition) is 8. The van der Waals surface area contributed by atoms with Crippen LogP contribution in [0.4, 0.5) is 8.78 Å². The first-order valence-corrected chi connectivity index (χ1v) is 11.1. The molecule has 34 heavy (non-hydrogen) atoms. The summed E-state index contributed by atoms with van der Waals surface area (Å²) in [6, 6.07) is 3.63. The van der Waals surface area contributed by atoms with Gasteiger partial charge in [-0.15, -0.1) is 0 Å². The van der Waals surface area contributed by atoms with Crippen LogP contribution in [0.2, 0.25) is 0 Å². The van der Waals surface area contributed by atoms with Crippen LogP contribution in [0.3, 0.4) is 0 Å². The number of hydrazone groups is 1. The van der Waals surface area contributed by atoms with Crippen molar-refractivity contribution in [3.63, 3.8) is 0 Å². The van der Waals surface area contributed by atoms with E-state index in [1.807, 2.05) is 0 Å². The first kappa shape index (κ1) is 24.9. The monoisotopic (exact) mass is 491 g/mol. The van der Waals surface area contributed by atoms with Crippen molar-refractivity contribution in [3.8, 4) is 17.6 Å². The maximum Gasteiger partial charge on any atom is 0.263 e. The predicted octanol–water partition coefficient (Wildman–Crippen LogP) is 1.95. The molecule has 12 heteroatoms. The van der Waals surface area contributed by atoms with E-state index in [1.54, 1.807) is 0 Å². The lowest BCUT2D eigenvalue weighted by atomic mass is 9.96. The molecule has 0 radical (unpaired) electrons. The summed E-state index contributed by atoms with van der Waals surface area (Å²) in [6.07, 6.45) is 1.11. The zero-order chi connectivity index (χ0) is 24.7. The zero-order valence-corrected chi connectivity index (χ0v) is 18.9. The second kappa shape index (κ2) is 11.4. The number of carbonyl (C=O) groups excluding carboxylic acids is 2. The molecule has 1 atom stereocenters. The number of ether oxygens (including phenoxy) is 1. The largest absolute Gasteiger partial charge is 0.515 e. The molecule has 0 bridgehead atoms. The molecule has 3 rings (SSSR count). The number of hydrogen-bond donors (Lipinski definition) is 5. The summed E-state index contributed by atoms with van der Waals surface area (Å²) in [4.78, 5) is 24.1. The minimum Gasteiger partial charge on any atom is -0.515 e. The summed E-state index contributed by atoms with van der Waals surface area (Å²) < 4.78 is 32.0. The lowest BCUT2D eigenvalue weighted by molar-refractivity contribution is -0.117. The van der Waals surface area contributed by atoms with Gasteiger partial charge in [-0.1, -0.05) is 11.8 Å². The molecule has 2 aliphatic rings. The molecule has 1 saturated carbocycles. The van der Waals surface area contributed by atoms with Gasteiger partial charge in [0.15, 0.2) is 10.5 Å². The third kappa shape index (κ3) is 6.64. The van der Waals surface area contributed by atoms with E-state index in [0.717, 1.165) is 18.9 Å². The molecule has 1 aromatic rings. The summed E-state index contributed by atoms with van der Waals surface area (Å²) >= 11 is 1.18. The number of nitrogens with two attached hydrogens (primary N) is 1. The van der Waals surface area contributed by atoms with Crippen molar-refractivity contribution in [3.05, 3.63) is 47.4 Å². The number of methoxy groups -OCH3 is 1. The van der Waals surface area contributed by atoms with Gasteiger partial charge in [-0.25, -0.2) is 8.78 Å². The van der Waals surface area contributed by atoms with E-state index in [4.69, 9.17) is 10.5 Å². The standard InChI is InChI=1S/C22H23F2N5O4S/c1-33-17-6-5-13(20(23)24)8-14(17)15(9-26-10-18(25)31)16(11-30)21(32)27-22-29-28-19(34-22)7-4-12-2-3-12/h5-6,8-9,11-12,19-20,26,28,30H,2-3,10H2,1H3,(H2,25,31)(H,27,29,32)/b15-9-,16-11+. The fraction of sp³-hybridized carbons (Fsp3) is 0.318. The number of benzene rings is 1. The Morgan fingerprint density at radius 1 is 1.41 bits per heavy atom. The summed E-state index contributed by atoms with van der Waals surface area (Å²) in [6.45, 7) is -0.297. The molecule has 1 fully saturated rings. The van der Waals surface area contributed by atoms with Gasteiger partial charge in [-0.05, 0) is 42.8 Å². The number of primary amides is 1. The lowest BCUT2D eigenvalue weighted by Gasteiger charge is -2.16. The molecule has 2 amide bonds. The zero-order valence-electron chi connectivity index (χ0n) is 18.1. The van der Waals surface area contributed by atoms with Crippen LogP contribution < -0.4 is 26.5 Å². The average molecular weight is 492 g/mol. The van der Waals surface area contributed by atoms with Crippen LogP contribution in [0, 0.1) is 17.8 Å². The molecule has 1 aliphatic heterocycles. The number of aliphatic hydroxyl groups is 1. The number of alkyl halides is 2. The first-order valence-electron chi connectivity index (χ1n) is 10.2. The van der Waals surface area contributed by atoms with Crippen LogP contribution in [0.5, 0.6) is 5.75 Å². The number of thioether (sulfide) groups is 1. The molecular formula is C22H23F2N5O4S. The van der Waals surface area contributed by atoms with Crippen LogP contribution in [-0.4, -0.2) is 41.1 Å². The molecule has 9 nitrogen and oxygen atoms in total. The number of nitrogens with zero attached hydrogens (tertiary/aromatic N) is 1. The third-order valence-electron chi connectivity index (χ3n) is 4.68. The van der Waals surface area contributed by atoms with Crippen molar-refractivity contribution < 1.29 is 28.2 Å². The lowest BCUT2D eigenvalue weighted by Crippen LogP contribution is -2.30. The maximum absolute atomic E-state index is 13.4. The van der Waals surface area contributed by atoms with Gasteiger partial charge in [-0.2, -0.15) is 5.10 Å². The fourth-order valence-corrected chi connectivity index (χ4v) is 3.58. The summed E-state index contributed by atoms with van der Waals surface area (Å²) in [5, 5.41) is 19.0. The van der Waals surface area contributed by atoms with E-state index < -0.39 is 18.2 Å². The van der Waals surface area contributed by atoms with Crippen LogP contribution in [-0.2, 0) is 9.59 Å². The normalized spacial score (nSPS) is 17.9. The van der Waals surface area contributed by atoms with Crippen molar-refractivity contribution in [2.75, 3.05) is 13.7 Å². The summed E-state index contributed by atoms with van der Waals surface area (Å²) in [5.41, 5.74) is 7.39. The van der Waals surface area contributed by atoms with E-state index in [2.05, 4.69) is 33.0 Å². The van der Waals surface area contributed by atoms with Gasteiger partial charge in [0.1, 0.15) is 5.75 Å². The molecule has 1 heterocycles. The number of rotatable bonds is 8. The Hall–Kier alpha value is -3.72. The Bertz CT molecular complexity index is 1110. The van der Waals surface area contributed by atoms with Crippen molar-refractivity contribution in [1.29, 1.82) is 0 Å². The molecule has 0 saturated heterocycles. The minimum atomic E-state index is -2.79. The van der Waals surface area contributed by atoms with Crippen molar-refractivity contribution >= 4 is 34.3 Å². The topological polar surface area (TPSA) is 138 Å². The quantitative estimate of drug-likeness (QED) is 0.162. The second-order valence-corrected chi connectivity index (χ2v) is 8.36. The number of amides is 2. The summed E-state index contributed by atoms with van der Waals surface area (Å²) in [7, 11) is 1.33. The highest BCUT2D eigenvalue weighted by molar-refractivity contribution is 8.14. The Kier molecular flexibility index (Phi) is 8.37. The van der Waals surface area contributed by atoms with Crippen LogP contribution in [0.15, 0.2) is 41.3 Å². The number of aliphatic hydroxyl groups excluding tert-OH is 1. The van der Waals surface area contributed by atoms with Gasteiger partial charge in [0.2, 0.25) is 5.91 Å². The Morgan fingerprint density at radius 3 is 2.79 bits per heavy atom. The van der Waals surface area contributed by atoms with E-state index in [1.165, 1.54) is 37.2 Å². The first-order chi connectivity index (χ1) is 16.3. The maximum atomic E-state index is 13.4. The average Bonchev–Trinajstić information content (AvgIpc) is 3.54. The van der Waals surface area contributed by atoms with Gasteiger partial charge >= 0.3 is 0 Å². The van der Waals surface area contributed by atoms with Crippen molar-refractivity contribution in [2.45, 2.75) is 24.6 Å². The molecule has 1 aliphatic carbocycles. The molecule has 0 spiro atoms. The Balaban J connectivity index is 1.86. The molecular weight excluding hydrogens is 468 g/mol. The molecule has 6 N–H and O–H groups in total. The summed E-state index contributed by atoms with van der Waals surface area (Å²) in [5.74, 6) is 5.23. The Morgan fingerprint density at radius 2 is 2.18 bits per heavy atom. The number of nitrogens with one attached hydrogen (secondary N) is 3. The molecule has 1 aromatic carbocycles. The van der Waals surface area contributed by atoms with Crippen molar-refractivity contribution in [2.24, 2.45) is 16.8 Å². The van der Waals surface area contributed by atoms with Crippen molar-refractivity contribution in [1.82, 2.24) is 16.1 Å². The highest BCUT2D eigenvalue weighted by Gasteiger charge is 2.26. The Labute approximate surface area is 198 Å². The van der Waals surface area contributed by atoms with Crippen LogP contribution in [0.25, 0.3) is 5.57 Å². The van der Waals surface area contributed by atoms with E-state index in [-0.39, 0.29) is 45.1 Å². The van der Waals surface area contributed by atoms with Crippen LogP contribution >= 0.6 is 11.8 Å². The van der Waals surface area contributed by atoms with Gasteiger partial charge in [0.05, 0.1) is 25.5 Å². The number of halogens is 2. The number of amidine groups is 1. The predicted molar refractivity (Wildman–Crippen MR) is 124 cm³/mol. The van der Waals surface area contributed by atoms with Gasteiger partial charge in [0.25, 0.3) is 12.3 Å². The van der Waals surface area contributed by atoms with E-state index >= 15 is 0 Å². The van der Waals surface area contributed by atoms with Crippen LogP contribution in [0.1, 0.15) is 30.4 Å². The van der Waals surface area contributed by atoms with E-state index in [0.29, 0.717) is 12.2 Å². The van der Waals surface area contributed by atoms with Gasteiger partial charge < -0.3 is 20.9 Å². The van der Waals surface area contributed by atoms with E-state index in [9.17, 15) is 23.5 Å². The second-order valence-electron chi connectivity index (χ2n) is 7.27. The highest BCUT2D eigenvalue weighted by Crippen LogP contribution is 2.34. The van der Waals surface area contributed by atoms with Gasteiger partial charge in [-0.3, -0.25) is 20.3 Å². The fourth-order valence-electron chi connectivity index (χ4n) is 2.86. The van der Waals surface area contributed by atoms with Gasteiger partial charge in [0, 0.05) is 28.8 Å². The number of carbonyl (C=O) groups is 2. The smallest absolute Gasteiger partial charge is 0.263 e. The highest BCUT2D eigenvalue weighted by atomic mass is 32.2. The third-order valence-corrected chi connectivity index (χ3v) is 5.56. The molecule has 0 aromatic heterocycles.